The second-order valence-electron chi connectivity index (χ2n) is 3.58. The number of rotatable bonds is 4. The fourth-order valence-corrected chi connectivity index (χ4v) is 1.94. The quantitative estimate of drug-likeness (QED) is 0.472. The Morgan fingerprint density at radius 3 is 2.89 bits per heavy atom. The highest BCUT2D eigenvalue weighted by Gasteiger charge is 2.13. The number of aromatic nitrogens is 1. The van der Waals surface area contributed by atoms with Crippen molar-refractivity contribution < 1.29 is 9.66 Å². The summed E-state index contributed by atoms with van der Waals surface area (Å²) in [5, 5.41) is 10.7. The Hall–Kier alpha value is -1.66. The number of benzene rings is 1. The lowest BCUT2D eigenvalue weighted by molar-refractivity contribution is -0.384. The van der Waals surface area contributed by atoms with Gasteiger partial charge in [-0.25, -0.2) is 4.98 Å². The number of hydrogen-bond acceptors (Lipinski definition) is 4. The van der Waals surface area contributed by atoms with Gasteiger partial charge >= 0.3 is 0 Å². The molecule has 0 atom stereocenters. The third kappa shape index (κ3) is 3.21. The van der Waals surface area contributed by atoms with Crippen LogP contribution in [-0.2, 0) is 5.88 Å². The van der Waals surface area contributed by atoms with Crippen LogP contribution in [0.25, 0.3) is 0 Å². The van der Waals surface area contributed by atoms with E-state index < -0.39 is 4.92 Å². The Bertz CT molecular complexity index is 622. The Labute approximate surface area is 122 Å². The van der Waals surface area contributed by atoms with E-state index in [-0.39, 0.29) is 11.6 Å². The smallest absolute Gasteiger partial charge is 0.273 e. The molecule has 7 heteroatoms. The van der Waals surface area contributed by atoms with Crippen molar-refractivity contribution >= 4 is 33.2 Å². The van der Waals surface area contributed by atoms with Gasteiger partial charge in [0, 0.05) is 17.8 Å². The van der Waals surface area contributed by atoms with Crippen LogP contribution >= 0.6 is 27.5 Å². The van der Waals surface area contributed by atoms with Crippen LogP contribution in [0.3, 0.4) is 0 Å². The van der Waals surface area contributed by atoms with Gasteiger partial charge in [0.2, 0.25) is 5.88 Å². The Kier molecular flexibility index (Phi) is 4.34. The maximum absolute atomic E-state index is 10.7. The molecule has 0 amide bonds. The van der Waals surface area contributed by atoms with Crippen molar-refractivity contribution in [2.45, 2.75) is 5.88 Å². The molecular weight excluding hydrogens is 336 g/mol. The van der Waals surface area contributed by atoms with Gasteiger partial charge in [-0.15, -0.1) is 11.6 Å². The highest BCUT2D eigenvalue weighted by molar-refractivity contribution is 9.10. The lowest BCUT2D eigenvalue weighted by Gasteiger charge is -2.09. The zero-order valence-electron chi connectivity index (χ0n) is 9.55. The largest absolute Gasteiger partial charge is 0.437 e. The van der Waals surface area contributed by atoms with E-state index in [1.807, 2.05) is 0 Å². The minimum atomic E-state index is -0.486. The molecule has 1 aromatic heterocycles. The lowest BCUT2D eigenvalue weighted by atomic mass is 10.3. The SMILES string of the molecule is O=[N+]([O-])c1ccc(Br)c(Oc2ncccc2CCl)c1. The van der Waals surface area contributed by atoms with E-state index in [9.17, 15) is 10.1 Å². The van der Waals surface area contributed by atoms with E-state index in [1.54, 1.807) is 24.4 Å². The van der Waals surface area contributed by atoms with E-state index >= 15 is 0 Å². The zero-order valence-corrected chi connectivity index (χ0v) is 11.9. The molecule has 98 valence electrons. The van der Waals surface area contributed by atoms with Gasteiger partial charge in [-0.3, -0.25) is 10.1 Å². The zero-order chi connectivity index (χ0) is 13.8. The highest BCUT2D eigenvalue weighted by atomic mass is 79.9. The maximum Gasteiger partial charge on any atom is 0.273 e. The number of alkyl halides is 1. The van der Waals surface area contributed by atoms with E-state index in [0.29, 0.717) is 21.7 Å². The van der Waals surface area contributed by atoms with E-state index in [0.717, 1.165) is 0 Å². The van der Waals surface area contributed by atoms with Crippen LogP contribution in [0.1, 0.15) is 5.56 Å². The molecule has 19 heavy (non-hydrogen) atoms. The molecule has 0 saturated carbocycles. The predicted molar refractivity (Wildman–Crippen MR) is 74.7 cm³/mol. The Morgan fingerprint density at radius 2 is 2.21 bits per heavy atom. The molecule has 2 rings (SSSR count). The third-order valence-corrected chi connectivity index (χ3v) is 3.27. The Morgan fingerprint density at radius 1 is 1.42 bits per heavy atom. The number of nitro benzene ring substituents is 1. The number of hydrogen-bond donors (Lipinski definition) is 0. The molecule has 0 aliphatic carbocycles. The van der Waals surface area contributed by atoms with Gasteiger partial charge in [0.1, 0.15) is 0 Å². The van der Waals surface area contributed by atoms with Crippen molar-refractivity contribution in [2.75, 3.05) is 0 Å². The first-order chi connectivity index (χ1) is 9.11. The van der Waals surface area contributed by atoms with Gasteiger partial charge in [-0.05, 0) is 28.1 Å². The van der Waals surface area contributed by atoms with Crippen LogP contribution in [-0.4, -0.2) is 9.91 Å². The topological polar surface area (TPSA) is 65.3 Å². The van der Waals surface area contributed by atoms with Crippen molar-refractivity contribution in [3.05, 3.63) is 56.7 Å². The van der Waals surface area contributed by atoms with Gasteiger partial charge in [-0.2, -0.15) is 0 Å². The molecule has 0 N–H and O–H groups in total. The van der Waals surface area contributed by atoms with Crippen LogP contribution in [0.2, 0.25) is 0 Å². The molecule has 0 aliphatic heterocycles. The minimum Gasteiger partial charge on any atom is -0.437 e. The monoisotopic (exact) mass is 342 g/mol. The molecule has 0 bridgehead atoms. The molecule has 2 aromatic rings. The summed E-state index contributed by atoms with van der Waals surface area (Å²) in [6.45, 7) is 0. The molecule has 1 aromatic carbocycles. The van der Waals surface area contributed by atoms with Crippen LogP contribution in [0.5, 0.6) is 11.6 Å². The number of ether oxygens (including phenoxy) is 1. The summed E-state index contributed by atoms with van der Waals surface area (Å²) in [6, 6.07) is 7.79. The third-order valence-electron chi connectivity index (χ3n) is 2.33. The number of non-ortho nitro benzene ring substituents is 1. The molecule has 0 saturated heterocycles. The second kappa shape index (κ2) is 5.99. The maximum atomic E-state index is 10.7. The molecule has 0 aliphatic rings. The van der Waals surface area contributed by atoms with Crippen molar-refractivity contribution in [3.63, 3.8) is 0 Å². The molecule has 0 spiro atoms. The summed E-state index contributed by atoms with van der Waals surface area (Å²) < 4.78 is 6.18. The van der Waals surface area contributed by atoms with Gasteiger partial charge in [-0.1, -0.05) is 6.07 Å². The minimum absolute atomic E-state index is 0.0541. The van der Waals surface area contributed by atoms with Crippen molar-refractivity contribution in [3.8, 4) is 11.6 Å². The first-order valence-corrected chi connectivity index (χ1v) is 6.56. The molecule has 0 radical (unpaired) electrons. The average Bonchev–Trinajstić information content (AvgIpc) is 2.41. The van der Waals surface area contributed by atoms with Crippen LogP contribution in [0, 0.1) is 10.1 Å². The molecule has 0 unspecified atom stereocenters. The fraction of sp³-hybridized carbons (Fsp3) is 0.0833. The van der Waals surface area contributed by atoms with Crippen molar-refractivity contribution in [2.24, 2.45) is 0 Å². The molecule has 0 fully saturated rings. The van der Waals surface area contributed by atoms with E-state index in [1.165, 1.54) is 12.1 Å². The van der Waals surface area contributed by atoms with Crippen LogP contribution in [0.15, 0.2) is 41.0 Å². The first-order valence-electron chi connectivity index (χ1n) is 5.23. The predicted octanol–water partition coefficient (Wildman–Crippen LogP) is 4.28. The normalized spacial score (nSPS) is 10.2. The molecule has 5 nitrogen and oxygen atoms in total. The second-order valence-corrected chi connectivity index (χ2v) is 4.70. The summed E-state index contributed by atoms with van der Waals surface area (Å²) in [5.74, 6) is 0.897. The van der Waals surface area contributed by atoms with Gasteiger partial charge in [0.05, 0.1) is 21.3 Å². The average molecular weight is 344 g/mol. The molecule has 1 heterocycles. The number of nitrogens with zero attached hydrogens (tertiary/aromatic N) is 2. The van der Waals surface area contributed by atoms with Crippen LogP contribution in [0.4, 0.5) is 5.69 Å². The summed E-state index contributed by atoms with van der Waals surface area (Å²) in [4.78, 5) is 14.3. The van der Waals surface area contributed by atoms with E-state index in [4.69, 9.17) is 16.3 Å². The standard InChI is InChI=1S/C12H8BrClN2O3/c13-10-4-3-9(16(17)18)6-11(10)19-12-8(7-14)2-1-5-15-12/h1-6H,7H2. The van der Waals surface area contributed by atoms with Crippen molar-refractivity contribution in [1.82, 2.24) is 4.98 Å². The number of halogens is 2. The van der Waals surface area contributed by atoms with Crippen LogP contribution < -0.4 is 4.74 Å². The highest BCUT2D eigenvalue weighted by Crippen LogP contribution is 2.33. The van der Waals surface area contributed by atoms with Gasteiger partial charge in [0.15, 0.2) is 5.75 Å². The fourth-order valence-electron chi connectivity index (χ4n) is 1.41. The number of nitro groups is 1. The summed E-state index contributed by atoms with van der Waals surface area (Å²) in [7, 11) is 0. The number of pyridine rings is 1. The summed E-state index contributed by atoms with van der Waals surface area (Å²) in [5.41, 5.74) is 0.657. The van der Waals surface area contributed by atoms with Gasteiger partial charge < -0.3 is 4.74 Å². The summed E-state index contributed by atoms with van der Waals surface area (Å²) in [6.07, 6.45) is 1.57. The van der Waals surface area contributed by atoms with E-state index in [2.05, 4.69) is 20.9 Å². The Balaban J connectivity index is 2.37. The lowest BCUT2D eigenvalue weighted by Crippen LogP contribution is -1.95. The first kappa shape index (κ1) is 13.8. The molecular formula is C12H8BrClN2O3. The van der Waals surface area contributed by atoms with Gasteiger partial charge in [0.25, 0.3) is 5.69 Å². The van der Waals surface area contributed by atoms with Crippen molar-refractivity contribution in [1.29, 1.82) is 0 Å². The summed E-state index contributed by atoms with van der Waals surface area (Å²) >= 11 is 9.06.